The Morgan fingerprint density at radius 3 is 1.56 bits per heavy atom. The fraction of sp³-hybridized carbons (Fsp3) is 0.850. The largest absolute Gasteiger partial charge is 0.462 e. The quantitative estimate of drug-likeness (QED) is 0.0959. The van der Waals surface area contributed by atoms with E-state index in [1.165, 1.54) is 70.6 Å². The summed E-state index contributed by atoms with van der Waals surface area (Å²) in [4.78, 5) is 11.2. The van der Waals surface area contributed by atoms with Gasteiger partial charge in [0.1, 0.15) is 0 Å². The molecule has 0 fully saturated rings. The van der Waals surface area contributed by atoms with Crippen molar-refractivity contribution < 1.29 is 9.53 Å². The molecule has 0 aromatic rings. The van der Waals surface area contributed by atoms with Gasteiger partial charge in [-0.05, 0) is 19.8 Å². The Morgan fingerprint density at radius 2 is 1.20 bits per heavy atom. The third kappa shape index (κ3) is 20.2. The zero-order valence-electron chi connectivity index (χ0n) is 16.4. The SMILES string of the molecule is C=C(C)C(=O)OCCCCCCCCCCCCCCCC([SiH3])(Cl)Cl. The first kappa shape index (κ1) is 25.0. The summed E-state index contributed by atoms with van der Waals surface area (Å²) in [5.41, 5.74) is 0.481. The first-order valence-corrected chi connectivity index (χ1v) is 11.8. The van der Waals surface area contributed by atoms with Crippen molar-refractivity contribution in [2.75, 3.05) is 6.61 Å². The highest BCUT2D eigenvalue weighted by Crippen LogP contribution is 2.24. The molecule has 0 saturated carbocycles. The molecule has 0 aliphatic carbocycles. The summed E-state index contributed by atoms with van der Waals surface area (Å²) in [6, 6.07) is 0. The number of rotatable bonds is 17. The van der Waals surface area contributed by atoms with Crippen LogP contribution in [0.1, 0.15) is 96.8 Å². The van der Waals surface area contributed by atoms with Crippen LogP contribution >= 0.6 is 23.2 Å². The zero-order chi connectivity index (χ0) is 19.0. The Bertz CT molecular complexity index is 354. The molecule has 0 aromatic carbocycles. The molecule has 0 rings (SSSR count). The van der Waals surface area contributed by atoms with Gasteiger partial charge in [-0.1, -0.05) is 83.6 Å². The molecule has 0 aromatic heterocycles. The van der Waals surface area contributed by atoms with Crippen LogP contribution in [0.3, 0.4) is 0 Å². The highest BCUT2D eigenvalue weighted by molar-refractivity contribution is 6.65. The van der Waals surface area contributed by atoms with Gasteiger partial charge in [-0.15, -0.1) is 23.2 Å². The Morgan fingerprint density at radius 1 is 0.840 bits per heavy atom. The van der Waals surface area contributed by atoms with Gasteiger partial charge in [0.15, 0.2) is 0 Å². The topological polar surface area (TPSA) is 26.3 Å². The van der Waals surface area contributed by atoms with Crippen LogP contribution in [0.5, 0.6) is 0 Å². The van der Waals surface area contributed by atoms with Crippen molar-refractivity contribution in [1.29, 1.82) is 0 Å². The number of hydrogen-bond donors (Lipinski definition) is 0. The van der Waals surface area contributed by atoms with Gasteiger partial charge in [0.2, 0.25) is 0 Å². The summed E-state index contributed by atoms with van der Waals surface area (Å²) in [5.74, 6) is -0.266. The van der Waals surface area contributed by atoms with E-state index in [1.54, 1.807) is 6.92 Å². The van der Waals surface area contributed by atoms with Gasteiger partial charge in [0.05, 0.1) is 10.6 Å². The molecule has 0 amide bonds. The number of carbonyl (C=O) groups excluding carboxylic acids is 1. The summed E-state index contributed by atoms with van der Waals surface area (Å²) in [6.07, 6.45) is 17.5. The molecule has 0 atom stereocenters. The van der Waals surface area contributed by atoms with E-state index in [0.717, 1.165) is 29.5 Å². The summed E-state index contributed by atoms with van der Waals surface area (Å²) < 4.78 is 4.67. The molecular formula is C20H38Cl2O2Si. The minimum absolute atomic E-state index is 0.266. The summed E-state index contributed by atoms with van der Waals surface area (Å²) in [6.45, 7) is 5.78. The van der Waals surface area contributed by atoms with Gasteiger partial charge in [0.25, 0.3) is 0 Å². The molecule has 25 heavy (non-hydrogen) atoms. The average Bonchev–Trinajstić information content (AvgIpc) is 2.53. The van der Waals surface area contributed by atoms with Crippen LogP contribution < -0.4 is 0 Å². The standard InChI is InChI=1S/C20H38Cl2O2Si/c1-18(2)19(23)24-17-15-13-11-9-7-5-3-4-6-8-10-12-14-16-20(21,22)25/h1,3-17H2,2,25H3. The lowest BCUT2D eigenvalue weighted by molar-refractivity contribution is -0.139. The maximum atomic E-state index is 11.2. The van der Waals surface area contributed by atoms with Crippen molar-refractivity contribution in [2.45, 2.75) is 101 Å². The molecule has 0 saturated heterocycles. The fourth-order valence-electron chi connectivity index (χ4n) is 2.77. The third-order valence-electron chi connectivity index (χ3n) is 4.34. The maximum absolute atomic E-state index is 11.2. The van der Waals surface area contributed by atoms with Crippen molar-refractivity contribution in [3.63, 3.8) is 0 Å². The van der Waals surface area contributed by atoms with E-state index in [1.807, 2.05) is 0 Å². The maximum Gasteiger partial charge on any atom is 0.333 e. The number of unbranched alkanes of at least 4 members (excludes halogenated alkanes) is 12. The molecule has 148 valence electrons. The normalized spacial score (nSPS) is 11.6. The predicted molar refractivity (Wildman–Crippen MR) is 115 cm³/mol. The number of hydrogen-bond acceptors (Lipinski definition) is 2. The lowest BCUT2D eigenvalue weighted by Gasteiger charge is -2.12. The Balaban J connectivity index is 3.12. The Kier molecular flexibility index (Phi) is 16.2. The van der Waals surface area contributed by atoms with Crippen LogP contribution in [0.25, 0.3) is 0 Å². The Hall–Kier alpha value is 0.00688. The minimum Gasteiger partial charge on any atom is -0.462 e. The zero-order valence-corrected chi connectivity index (χ0v) is 19.9. The lowest BCUT2D eigenvalue weighted by atomic mass is 10.0. The molecule has 0 unspecified atom stereocenters. The van der Waals surface area contributed by atoms with Gasteiger partial charge in [0, 0.05) is 15.8 Å². The van der Waals surface area contributed by atoms with E-state index in [2.05, 4.69) is 6.58 Å². The average molecular weight is 410 g/mol. The number of ether oxygens (including phenoxy) is 1. The van der Waals surface area contributed by atoms with Crippen molar-refractivity contribution >= 4 is 39.4 Å². The fourth-order valence-corrected chi connectivity index (χ4v) is 3.39. The molecule has 0 bridgehead atoms. The van der Waals surface area contributed by atoms with E-state index >= 15 is 0 Å². The van der Waals surface area contributed by atoms with Crippen molar-refractivity contribution in [3.05, 3.63) is 12.2 Å². The highest BCUT2D eigenvalue weighted by Gasteiger charge is 2.14. The van der Waals surface area contributed by atoms with E-state index < -0.39 is 3.96 Å². The van der Waals surface area contributed by atoms with Crippen molar-refractivity contribution in [3.8, 4) is 0 Å². The molecule has 2 nitrogen and oxygen atoms in total. The second-order valence-electron chi connectivity index (χ2n) is 7.33. The van der Waals surface area contributed by atoms with E-state index in [-0.39, 0.29) is 5.97 Å². The molecule has 0 aliphatic rings. The molecule has 0 N–H and O–H groups in total. The van der Waals surface area contributed by atoms with Crippen LogP contribution in [0, 0.1) is 0 Å². The second kappa shape index (κ2) is 16.2. The molecule has 0 radical (unpaired) electrons. The molecular weight excluding hydrogens is 371 g/mol. The Labute approximate surface area is 168 Å². The molecule has 0 heterocycles. The lowest BCUT2D eigenvalue weighted by Crippen LogP contribution is -2.11. The predicted octanol–water partition coefficient (Wildman–Crippen LogP) is 6.06. The van der Waals surface area contributed by atoms with Gasteiger partial charge < -0.3 is 4.74 Å². The van der Waals surface area contributed by atoms with Crippen LogP contribution in [-0.4, -0.2) is 26.8 Å². The third-order valence-corrected chi connectivity index (χ3v) is 5.22. The van der Waals surface area contributed by atoms with Crippen LogP contribution in [-0.2, 0) is 9.53 Å². The summed E-state index contributed by atoms with van der Waals surface area (Å²) >= 11 is 12.0. The second-order valence-corrected chi connectivity index (χ2v) is 12.2. The molecule has 5 heteroatoms. The number of halogens is 2. The van der Waals surface area contributed by atoms with E-state index in [4.69, 9.17) is 27.9 Å². The van der Waals surface area contributed by atoms with Crippen LogP contribution in [0.15, 0.2) is 12.2 Å². The smallest absolute Gasteiger partial charge is 0.333 e. The van der Waals surface area contributed by atoms with Gasteiger partial charge in [-0.3, -0.25) is 0 Å². The summed E-state index contributed by atoms with van der Waals surface area (Å²) in [7, 11) is 0.856. The van der Waals surface area contributed by atoms with Crippen LogP contribution in [0.4, 0.5) is 0 Å². The molecule has 0 spiro atoms. The van der Waals surface area contributed by atoms with Crippen molar-refractivity contribution in [2.24, 2.45) is 0 Å². The van der Waals surface area contributed by atoms with Gasteiger partial charge in [-0.25, -0.2) is 4.79 Å². The summed E-state index contributed by atoms with van der Waals surface area (Å²) in [5, 5.41) is 0. The minimum atomic E-state index is -0.408. The monoisotopic (exact) mass is 408 g/mol. The van der Waals surface area contributed by atoms with E-state index in [0.29, 0.717) is 12.2 Å². The number of alkyl halides is 2. The van der Waals surface area contributed by atoms with Gasteiger partial charge in [-0.2, -0.15) is 0 Å². The number of esters is 1. The van der Waals surface area contributed by atoms with E-state index in [9.17, 15) is 4.79 Å². The van der Waals surface area contributed by atoms with Gasteiger partial charge >= 0.3 is 5.97 Å². The first-order valence-electron chi connectivity index (χ1n) is 10.0. The van der Waals surface area contributed by atoms with Crippen LogP contribution in [0.2, 0.25) is 0 Å². The highest BCUT2D eigenvalue weighted by atomic mass is 35.5. The number of carbonyl (C=O) groups is 1. The van der Waals surface area contributed by atoms with Crippen molar-refractivity contribution in [1.82, 2.24) is 0 Å². The first-order chi connectivity index (χ1) is 11.8. The molecule has 0 aliphatic heterocycles.